The number of hydrogen-bond acceptors (Lipinski definition) is 4. The number of aliphatic hydroxyl groups is 1. The highest BCUT2D eigenvalue weighted by Crippen LogP contribution is 2.45. The Morgan fingerprint density at radius 3 is 2.18 bits per heavy atom. The third-order valence-corrected chi connectivity index (χ3v) is 12.7. The molecule has 2 atom stereocenters. The van der Waals surface area contributed by atoms with Crippen molar-refractivity contribution in [3.05, 3.63) is 23.8 Å². The van der Waals surface area contributed by atoms with Crippen LogP contribution in [0, 0.1) is 11.8 Å². The maximum atomic E-state index is 13.0. The maximum Gasteiger partial charge on any atom is 0.258 e. The van der Waals surface area contributed by atoms with E-state index in [4.69, 9.17) is 9.16 Å². The van der Waals surface area contributed by atoms with Gasteiger partial charge in [0.15, 0.2) is 11.5 Å². The molecule has 1 aromatic carbocycles. The molecule has 0 spiro atoms. The van der Waals surface area contributed by atoms with Crippen LogP contribution in [0.2, 0.25) is 16.6 Å². The Morgan fingerprint density at radius 2 is 1.68 bits per heavy atom. The third kappa shape index (κ3) is 4.30. The molecule has 0 bridgehead atoms. The zero-order valence-corrected chi connectivity index (χ0v) is 19.6. The molecule has 1 saturated carbocycles. The van der Waals surface area contributed by atoms with Crippen molar-refractivity contribution < 1.29 is 19.1 Å². The summed E-state index contributed by atoms with van der Waals surface area (Å²) in [5, 5.41) is 9.57. The summed E-state index contributed by atoms with van der Waals surface area (Å²) in [6.45, 7) is 13.6. The highest BCUT2D eigenvalue weighted by atomic mass is 28.4. The molecule has 0 saturated heterocycles. The third-order valence-electron chi connectivity index (χ3n) is 6.67. The minimum absolute atomic E-state index is 0.0808. The SMILES string of the molecule is COc1cc(C(=O)C2CCC[C@H]2CO)ccc1O[Si](C(C)C)(C(C)C)C(C)C. The molecule has 1 aliphatic carbocycles. The summed E-state index contributed by atoms with van der Waals surface area (Å²) >= 11 is 0. The number of benzene rings is 1. The zero-order valence-electron chi connectivity index (χ0n) is 18.6. The van der Waals surface area contributed by atoms with Crippen LogP contribution in [0.5, 0.6) is 11.5 Å². The van der Waals surface area contributed by atoms with Gasteiger partial charge in [-0.25, -0.2) is 0 Å². The van der Waals surface area contributed by atoms with Crippen molar-refractivity contribution >= 4 is 14.1 Å². The predicted octanol–water partition coefficient (Wildman–Crippen LogP) is 5.84. The van der Waals surface area contributed by atoms with Crippen LogP contribution in [0.25, 0.3) is 0 Å². The topological polar surface area (TPSA) is 55.8 Å². The van der Waals surface area contributed by atoms with Crippen LogP contribution in [0.1, 0.15) is 71.2 Å². The fourth-order valence-corrected chi connectivity index (χ4v) is 10.5. The van der Waals surface area contributed by atoms with Crippen molar-refractivity contribution in [3.8, 4) is 11.5 Å². The molecule has 5 heteroatoms. The van der Waals surface area contributed by atoms with Crippen molar-refractivity contribution in [2.24, 2.45) is 11.8 Å². The molecular weight excluding hydrogens is 368 g/mol. The van der Waals surface area contributed by atoms with E-state index in [0.29, 0.717) is 27.9 Å². The number of Topliss-reactive ketones (excluding diaryl/α,β-unsaturated/α-hetero) is 1. The average molecular weight is 407 g/mol. The minimum Gasteiger partial charge on any atom is -0.540 e. The molecule has 0 aromatic heterocycles. The quantitative estimate of drug-likeness (QED) is 0.413. The molecule has 0 aliphatic heterocycles. The number of methoxy groups -OCH3 is 1. The second kappa shape index (κ2) is 9.44. The Bertz CT molecular complexity index is 647. The second-order valence-electron chi connectivity index (χ2n) is 9.13. The number of aliphatic hydroxyl groups excluding tert-OH is 1. The molecule has 158 valence electrons. The Hall–Kier alpha value is -1.33. The van der Waals surface area contributed by atoms with Gasteiger partial charge in [0, 0.05) is 18.1 Å². The lowest BCUT2D eigenvalue weighted by Gasteiger charge is -2.42. The fourth-order valence-electron chi connectivity index (χ4n) is 5.26. The first kappa shape index (κ1) is 23.0. The van der Waals surface area contributed by atoms with E-state index in [-0.39, 0.29) is 24.2 Å². The zero-order chi connectivity index (χ0) is 21.1. The first-order valence-corrected chi connectivity index (χ1v) is 12.8. The number of ketones is 1. The van der Waals surface area contributed by atoms with E-state index in [1.807, 2.05) is 18.2 Å². The number of carbonyl (C=O) groups excluding carboxylic acids is 1. The highest BCUT2D eigenvalue weighted by molar-refractivity contribution is 6.78. The fraction of sp³-hybridized carbons (Fsp3) is 0.696. The summed E-state index contributed by atoms with van der Waals surface area (Å²) in [4.78, 5) is 13.0. The standard InChI is InChI=1S/C23H38O4Si/c1-15(2)28(16(3)4,17(5)6)27-21-12-11-18(13-22(21)26-7)23(25)20-10-8-9-19(20)14-24/h11-13,15-17,19-20,24H,8-10,14H2,1-7H3/t19-,20?/m0/s1. The summed E-state index contributed by atoms with van der Waals surface area (Å²) in [5.41, 5.74) is 2.03. The molecule has 0 heterocycles. The monoisotopic (exact) mass is 406 g/mol. The van der Waals surface area contributed by atoms with Crippen molar-refractivity contribution in [3.63, 3.8) is 0 Å². The average Bonchev–Trinajstić information content (AvgIpc) is 3.13. The van der Waals surface area contributed by atoms with Crippen molar-refractivity contribution in [1.82, 2.24) is 0 Å². The van der Waals surface area contributed by atoms with Gasteiger partial charge in [0.1, 0.15) is 5.75 Å². The summed E-state index contributed by atoms with van der Waals surface area (Å²) in [6.07, 6.45) is 2.79. The van der Waals surface area contributed by atoms with E-state index in [0.717, 1.165) is 25.0 Å². The summed E-state index contributed by atoms with van der Waals surface area (Å²) in [7, 11) is -0.470. The first-order chi connectivity index (χ1) is 13.2. The van der Waals surface area contributed by atoms with E-state index in [1.54, 1.807) is 7.11 Å². The van der Waals surface area contributed by atoms with E-state index in [9.17, 15) is 9.90 Å². The van der Waals surface area contributed by atoms with Gasteiger partial charge >= 0.3 is 0 Å². The van der Waals surface area contributed by atoms with Gasteiger partial charge in [0.2, 0.25) is 0 Å². The molecule has 1 aliphatic rings. The van der Waals surface area contributed by atoms with Gasteiger partial charge < -0.3 is 14.3 Å². The molecule has 1 fully saturated rings. The van der Waals surface area contributed by atoms with Crippen LogP contribution in [-0.2, 0) is 0 Å². The highest BCUT2D eigenvalue weighted by Gasteiger charge is 2.47. The van der Waals surface area contributed by atoms with Crippen LogP contribution in [-0.4, -0.2) is 32.9 Å². The smallest absolute Gasteiger partial charge is 0.258 e. The van der Waals surface area contributed by atoms with Gasteiger partial charge in [-0.2, -0.15) is 0 Å². The van der Waals surface area contributed by atoms with Crippen molar-refractivity contribution in [2.45, 2.75) is 77.4 Å². The Kier molecular flexibility index (Phi) is 7.74. The Balaban J connectivity index is 2.36. The van der Waals surface area contributed by atoms with Gasteiger partial charge in [0.25, 0.3) is 8.32 Å². The molecule has 1 unspecified atom stereocenters. The molecular formula is C23H38O4Si. The lowest BCUT2D eigenvalue weighted by Crippen LogP contribution is -2.50. The summed E-state index contributed by atoms with van der Waals surface area (Å²) < 4.78 is 12.4. The van der Waals surface area contributed by atoms with E-state index in [2.05, 4.69) is 41.5 Å². The number of rotatable bonds is 9. The normalized spacial score (nSPS) is 20.2. The van der Waals surface area contributed by atoms with E-state index >= 15 is 0 Å². The maximum absolute atomic E-state index is 13.0. The number of ether oxygens (including phenoxy) is 1. The largest absolute Gasteiger partial charge is 0.540 e. The molecule has 1 aromatic rings. The molecule has 1 N–H and O–H groups in total. The van der Waals surface area contributed by atoms with Gasteiger partial charge in [-0.3, -0.25) is 4.79 Å². The van der Waals surface area contributed by atoms with Crippen molar-refractivity contribution in [2.75, 3.05) is 13.7 Å². The molecule has 28 heavy (non-hydrogen) atoms. The van der Waals surface area contributed by atoms with Gasteiger partial charge in [0.05, 0.1) is 7.11 Å². The van der Waals surface area contributed by atoms with Crippen LogP contribution < -0.4 is 9.16 Å². The van der Waals surface area contributed by atoms with E-state index in [1.165, 1.54) is 0 Å². The van der Waals surface area contributed by atoms with Gasteiger partial charge in [-0.1, -0.05) is 48.0 Å². The van der Waals surface area contributed by atoms with E-state index < -0.39 is 8.32 Å². The van der Waals surface area contributed by atoms with Crippen LogP contribution >= 0.6 is 0 Å². The van der Waals surface area contributed by atoms with Crippen LogP contribution in [0.3, 0.4) is 0 Å². The summed E-state index contributed by atoms with van der Waals surface area (Å²) in [6, 6.07) is 5.60. The van der Waals surface area contributed by atoms with Crippen LogP contribution in [0.15, 0.2) is 18.2 Å². The van der Waals surface area contributed by atoms with Gasteiger partial charge in [-0.05, 0) is 53.6 Å². The molecule has 0 amide bonds. The first-order valence-electron chi connectivity index (χ1n) is 10.7. The Labute approximate surface area is 171 Å². The predicted molar refractivity (Wildman–Crippen MR) is 117 cm³/mol. The summed E-state index contributed by atoms with van der Waals surface area (Å²) in [5.74, 6) is 1.48. The minimum atomic E-state index is -2.10. The van der Waals surface area contributed by atoms with Crippen molar-refractivity contribution in [1.29, 1.82) is 0 Å². The molecule has 0 radical (unpaired) electrons. The Morgan fingerprint density at radius 1 is 1.07 bits per heavy atom. The molecule has 2 rings (SSSR count). The van der Waals surface area contributed by atoms with Crippen LogP contribution in [0.4, 0.5) is 0 Å². The lowest BCUT2D eigenvalue weighted by atomic mass is 9.89. The second-order valence-corrected chi connectivity index (χ2v) is 14.5. The number of carbonyl (C=O) groups is 1. The van der Waals surface area contributed by atoms with Gasteiger partial charge in [-0.15, -0.1) is 0 Å². The molecule has 4 nitrogen and oxygen atoms in total. The lowest BCUT2D eigenvalue weighted by molar-refractivity contribution is 0.0850. The number of hydrogen-bond donors (Lipinski definition) is 1.